The maximum absolute atomic E-state index is 4.38. The first kappa shape index (κ1) is 11.7. The molecule has 0 aliphatic rings. The average molecular weight is 254 g/mol. The topological polar surface area (TPSA) is 68.0 Å². The van der Waals surface area contributed by atoms with Crippen LogP contribution < -0.4 is 5.32 Å². The van der Waals surface area contributed by atoms with Gasteiger partial charge in [0.2, 0.25) is 0 Å². The van der Waals surface area contributed by atoms with E-state index < -0.39 is 0 Å². The van der Waals surface area contributed by atoms with E-state index in [4.69, 9.17) is 0 Å². The van der Waals surface area contributed by atoms with Crippen LogP contribution in [0.15, 0.2) is 43.4 Å². The summed E-state index contributed by atoms with van der Waals surface area (Å²) in [5.74, 6) is 0. The number of aromatic nitrogens is 5. The minimum absolute atomic E-state index is 0.0274. The Balaban J connectivity index is 2.10. The zero-order valence-corrected chi connectivity index (χ0v) is 10.6. The molecule has 0 amide bonds. The largest absolute Gasteiger partial charge is 0.305 e. The highest BCUT2D eigenvalue weighted by atomic mass is 15.2. The fraction of sp³-hybridized carbons (Fsp3) is 0.231. The summed E-state index contributed by atoms with van der Waals surface area (Å²) in [7, 11) is 0. The number of hydrogen-bond acceptors (Lipinski definition) is 5. The molecular weight excluding hydrogens is 240 g/mol. The van der Waals surface area contributed by atoms with Crippen molar-refractivity contribution in [2.75, 3.05) is 6.54 Å². The maximum atomic E-state index is 4.38. The molecule has 0 spiro atoms. The summed E-state index contributed by atoms with van der Waals surface area (Å²) in [6.07, 6.45) is 12.3. The molecule has 1 unspecified atom stereocenters. The van der Waals surface area contributed by atoms with Gasteiger partial charge in [0.1, 0.15) is 0 Å². The van der Waals surface area contributed by atoms with Gasteiger partial charge in [0.05, 0.1) is 35.8 Å². The molecule has 0 aliphatic carbocycles. The Morgan fingerprint density at radius 1 is 1.16 bits per heavy atom. The Morgan fingerprint density at radius 3 is 2.84 bits per heavy atom. The van der Waals surface area contributed by atoms with Crippen molar-refractivity contribution in [2.45, 2.75) is 13.0 Å². The van der Waals surface area contributed by atoms with Crippen molar-refractivity contribution in [1.29, 1.82) is 0 Å². The van der Waals surface area contributed by atoms with Gasteiger partial charge in [-0.25, -0.2) is 4.52 Å². The van der Waals surface area contributed by atoms with E-state index in [1.807, 2.05) is 23.1 Å². The Morgan fingerprint density at radius 2 is 2.05 bits per heavy atom. The van der Waals surface area contributed by atoms with Crippen LogP contribution in [0, 0.1) is 0 Å². The van der Waals surface area contributed by atoms with Crippen LogP contribution >= 0.6 is 0 Å². The summed E-state index contributed by atoms with van der Waals surface area (Å²) < 4.78 is 1.81. The van der Waals surface area contributed by atoms with Gasteiger partial charge in [-0.15, -0.1) is 0 Å². The monoisotopic (exact) mass is 254 g/mol. The second-order valence-electron chi connectivity index (χ2n) is 4.13. The van der Waals surface area contributed by atoms with Gasteiger partial charge in [-0.3, -0.25) is 15.0 Å². The highest BCUT2D eigenvalue weighted by Crippen LogP contribution is 2.23. The molecule has 0 radical (unpaired) electrons. The minimum atomic E-state index is -0.0274. The molecule has 19 heavy (non-hydrogen) atoms. The van der Waals surface area contributed by atoms with Crippen LogP contribution in [-0.2, 0) is 0 Å². The molecule has 3 heterocycles. The first-order valence-electron chi connectivity index (χ1n) is 6.16. The van der Waals surface area contributed by atoms with E-state index in [9.17, 15) is 0 Å². The van der Waals surface area contributed by atoms with Gasteiger partial charge >= 0.3 is 0 Å². The quantitative estimate of drug-likeness (QED) is 0.758. The van der Waals surface area contributed by atoms with E-state index in [0.29, 0.717) is 0 Å². The van der Waals surface area contributed by atoms with Crippen LogP contribution in [0.5, 0.6) is 0 Å². The second kappa shape index (κ2) is 5.11. The number of nitrogens with zero attached hydrogens (tertiary/aromatic N) is 5. The summed E-state index contributed by atoms with van der Waals surface area (Å²) in [6.45, 7) is 2.90. The normalized spacial score (nSPS) is 12.7. The molecule has 3 aromatic rings. The molecule has 3 aromatic heterocycles. The zero-order chi connectivity index (χ0) is 13.1. The van der Waals surface area contributed by atoms with Crippen molar-refractivity contribution in [1.82, 2.24) is 29.9 Å². The third kappa shape index (κ3) is 2.17. The van der Waals surface area contributed by atoms with E-state index in [-0.39, 0.29) is 6.04 Å². The van der Waals surface area contributed by atoms with E-state index >= 15 is 0 Å². The van der Waals surface area contributed by atoms with Gasteiger partial charge < -0.3 is 5.32 Å². The molecule has 6 nitrogen and oxygen atoms in total. The van der Waals surface area contributed by atoms with E-state index in [0.717, 1.165) is 23.3 Å². The van der Waals surface area contributed by atoms with Crippen molar-refractivity contribution in [2.24, 2.45) is 0 Å². The Bertz CT molecular complexity index is 663. The smallest absolute Gasteiger partial charge is 0.0896 e. The first-order chi connectivity index (χ1) is 9.40. The average Bonchev–Trinajstić information content (AvgIpc) is 2.89. The molecule has 96 valence electrons. The molecule has 0 fully saturated rings. The van der Waals surface area contributed by atoms with Crippen molar-refractivity contribution in [3.05, 3.63) is 54.6 Å². The Labute approximate surface area is 110 Å². The summed E-state index contributed by atoms with van der Waals surface area (Å²) >= 11 is 0. The lowest BCUT2D eigenvalue weighted by molar-refractivity contribution is 0.616. The summed E-state index contributed by atoms with van der Waals surface area (Å²) in [5.41, 5.74) is 2.90. The van der Waals surface area contributed by atoms with Crippen LogP contribution in [0.3, 0.4) is 0 Å². The second-order valence-corrected chi connectivity index (χ2v) is 4.13. The van der Waals surface area contributed by atoms with E-state index in [1.165, 1.54) is 0 Å². The lowest BCUT2D eigenvalue weighted by Gasteiger charge is -2.15. The number of nitrogens with one attached hydrogen (secondary N) is 1. The summed E-state index contributed by atoms with van der Waals surface area (Å²) in [6, 6.07) is -0.0274. The number of fused-ring (bicyclic) bond motifs is 1. The van der Waals surface area contributed by atoms with Crippen molar-refractivity contribution < 1.29 is 0 Å². The van der Waals surface area contributed by atoms with E-state index in [1.54, 1.807) is 24.8 Å². The molecule has 0 bridgehead atoms. The Kier molecular flexibility index (Phi) is 3.16. The summed E-state index contributed by atoms with van der Waals surface area (Å²) in [4.78, 5) is 12.7. The third-order valence-electron chi connectivity index (χ3n) is 2.95. The van der Waals surface area contributed by atoms with Crippen LogP contribution in [-0.4, -0.2) is 31.1 Å². The molecule has 3 rings (SSSR count). The van der Waals surface area contributed by atoms with Gasteiger partial charge in [0.25, 0.3) is 0 Å². The molecular formula is C13H14N6. The molecule has 1 atom stereocenters. The first-order valence-corrected chi connectivity index (χ1v) is 6.16. The minimum Gasteiger partial charge on any atom is -0.305 e. The highest BCUT2D eigenvalue weighted by molar-refractivity contribution is 5.54. The predicted octanol–water partition coefficient (Wildman–Crippen LogP) is 1.22. The highest BCUT2D eigenvalue weighted by Gasteiger charge is 2.18. The zero-order valence-electron chi connectivity index (χ0n) is 10.6. The van der Waals surface area contributed by atoms with Crippen LogP contribution in [0.1, 0.15) is 24.2 Å². The molecule has 0 aromatic carbocycles. The molecule has 1 N–H and O–H groups in total. The van der Waals surface area contributed by atoms with Gasteiger partial charge in [-0.05, 0) is 6.54 Å². The van der Waals surface area contributed by atoms with Gasteiger partial charge in [0, 0.05) is 30.4 Å². The lowest BCUT2D eigenvalue weighted by atomic mass is 10.1. The van der Waals surface area contributed by atoms with E-state index in [2.05, 4.69) is 32.3 Å². The van der Waals surface area contributed by atoms with Crippen LogP contribution in [0.25, 0.3) is 5.52 Å². The fourth-order valence-electron chi connectivity index (χ4n) is 2.11. The standard InChI is InChI=1S/C13H14N6/c1-2-16-13(11-8-14-3-4-17-11)10-7-18-19-6-5-15-9-12(10)19/h3-9,13,16H,2H2,1H3. The van der Waals surface area contributed by atoms with Crippen LogP contribution in [0.4, 0.5) is 0 Å². The van der Waals surface area contributed by atoms with Crippen molar-refractivity contribution in [3.63, 3.8) is 0 Å². The van der Waals surface area contributed by atoms with Gasteiger partial charge in [0.15, 0.2) is 0 Å². The molecule has 0 saturated carbocycles. The van der Waals surface area contributed by atoms with Crippen molar-refractivity contribution >= 4 is 5.52 Å². The number of rotatable bonds is 4. The lowest BCUT2D eigenvalue weighted by Crippen LogP contribution is -2.23. The van der Waals surface area contributed by atoms with Crippen molar-refractivity contribution in [3.8, 4) is 0 Å². The predicted molar refractivity (Wildman–Crippen MR) is 70.5 cm³/mol. The third-order valence-corrected chi connectivity index (χ3v) is 2.95. The molecule has 6 heteroatoms. The maximum Gasteiger partial charge on any atom is 0.0896 e. The fourth-order valence-corrected chi connectivity index (χ4v) is 2.11. The van der Waals surface area contributed by atoms with Gasteiger partial charge in [-0.2, -0.15) is 5.10 Å². The number of hydrogen-bond donors (Lipinski definition) is 1. The SMILES string of the molecule is CCNC(c1cnccn1)c1cnn2ccncc12. The summed E-state index contributed by atoms with van der Waals surface area (Å²) in [5, 5.41) is 7.75. The molecule has 0 aliphatic heterocycles. The van der Waals surface area contributed by atoms with Crippen LogP contribution in [0.2, 0.25) is 0 Å². The van der Waals surface area contributed by atoms with Gasteiger partial charge in [-0.1, -0.05) is 6.92 Å². The Hall–Kier alpha value is -2.34. The molecule has 0 saturated heterocycles.